The Morgan fingerprint density at radius 2 is 1.96 bits per heavy atom. The lowest BCUT2D eigenvalue weighted by Gasteiger charge is -2.32. The summed E-state index contributed by atoms with van der Waals surface area (Å²) in [4.78, 5) is 14.5. The van der Waals surface area contributed by atoms with Crippen molar-refractivity contribution in [3.8, 4) is 5.69 Å². The molecule has 1 unspecified atom stereocenters. The minimum Gasteiger partial charge on any atom is -0.336 e. The number of hydrogen-bond donors (Lipinski definition) is 0. The van der Waals surface area contributed by atoms with Crippen molar-refractivity contribution in [1.82, 2.24) is 14.7 Å². The first-order chi connectivity index (χ1) is 11.6. The van der Waals surface area contributed by atoms with E-state index >= 15 is 0 Å². The number of nitrogens with zero attached hydrogens (tertiary/aromatic N) is 3. The molecule has 1 aliphatic rings. The summed E-state index contributed by atoms with van der Waals surface area (Å²) in [7, 11) is 0. The Labute approximate surface area is 143 Å². The van der Waals surface area contributed by atoms with Gasteiger partial charge >= 0.3 is 0 Å². The van der Waals surface area contributed by atoms with E-state index in [0.717, 1.165) is 42.0 Å². The van der Waals surface area contributed by atoms with E-state index in [-0.39, 0.29) is 5.91 Å². The second kappa shape index (κ2) is 7.04. The lowest BCUT2D eigenvalue weighted by molar-refractivity contribution is -0.129. The first kappa shape index (κ1) is 16.5. The van der Waals surface area contributed by atoms with Crippen molar-refractivity contribution in [2.45, 2.75) is 46.1 Å². The van der Waals surface area contributed by atoms with Gasteiger partial charge in [0.05, 0.1) is 11.4 Å². The van der Waals surface area contributed by atoms with Gasteiger partial charge in [0.15, 0.2) is 0 Å². The number of para-hydroxylation sites is 1. The van der Waals surface area contributed by atoms with Gasteiger partial charge in [0, 0.05) is 29.9 Å². The molecule has 1 aromatic carbocycles. The van der Waals surface area contributed by atoms with E-state index in [1.165, 1.54) is 6.42 Å². The largest absolute Gasteiger partial charge is 0.336 e. The van der Waals surface area contributed by atoms with Crippen molar-refractivity contribution in [2.24, 2.45) is 0 Å². The van der Waals surface area contributed by atoms with Gasteiger partial charge in [-0.05, 0) is 58.2 Å². The number of hydrogen-bond acceptors (Lipinski definition) is 2. The Kier molecular flexibility index (Phi) is 4.84. The van der Waals surface area contributed by atoms with Crippen LogP contribution in [0.4, 0.5) is 0 Å². The second-order valence-electron chi connectivity index (χ2n) is 6.54. The molecule has 1 aliphatic heterocycles. The molecule has 4 heteroatoms. The molecule has 0 radical (unpaired) electrons. The van der Waals surface area contributed by atoms with E-state index in [1.807, 2.05) is 59.8 Å². The molecule has 1 amide bonds. The fraction of sp³-hybridized carbons (Fsp3) is 0.400. The van der Waals surface area contributed by atoms with Gasteiger partial charge in [-0.15, -0.1) is 0 Å². The third kappa shape index (κ3) is 3.28. The zero-order valence-corrected chi connectivity index (χ0v) is 14.7. The average molecular weight is 323 g/mol. The minimum absolute atomic E-state index is 0.105. The first-order valence-electron chi connectivity index (χ1n) is 8.68. The van der Waals surface area contributed by atoms with Crippen LogP contribution in [0, 0.1) is 13.8 Å². The Balaban J connectivity index is 1.83. The normalized spacial score (nSPS) is 18.3. The smallest absolute Gasteiger partial charge is 0.246 e. The maximum Gasteiger partial charge on any atom is 0.246 e. The van der Waals surface area contributed by atoms with Gasteiger partial charge in [0.1, 0.15) is 0 Å². The molecule has 3 rings (SSSR count). The monoisotopic (exact) mass is 323 g/mol. The van der Waals surface area contributed by atoms with Gasteiger partial charge in [-0.25, -0.2) is 4.68 Å². The molecule has 1 atom stereocenters. The van der Waals surface area contributed by atoms with E-state index < -0.39 is 0 Å². The molecule has 1 saturated heterocycles. The van der Waals surface area contributed by atoms with Crippen molar-refractivity contribution >= 4 is 12.0 Å². The molecule has 1 fully saturated rings. The highest BCUT2D eigenvalue weighted by Crippen LogP contribution is 2.20. The number of carbonyl (C=O) groups is 1. The fourth-order valence-corrected chi connectivity index (χ4v) is 3.39. The minimum atomic E-state index is 0.105. The van der Waals surface area contributed by atoms with Crippen LogP contribution in [0.5, 0.6) is 0 Å². The molecule has 0 saturated carbocycles. The number of carbonyl (C=O) groups excluding carboxylic acids is 1. The van der Waals surface area contributed by atoms with Crippen LogP contribution < -0.4 is 0 Å². The Morgan fingerprint density at radius 3 is 2.67 bits per heavy atom. The molecular weight excluding hydrogens is 298 g/mol. The number of rotatable bonds is 3. The molecule has 4 nitrogen and oxygen atoms in total. The Hall–Kier alpha value is -2.36. The summed E-state index contributed by atoms with van der Waals surface area (Å²) in [6, 6.07) is 10.4. The van der Waals surface area contributed by atoms with Gasteiger partial charge in [-0.2, -0.15) is 5.10 Å². The molecule has 24 heavy (non-hydrogen) atoms. The molecule has 2 heterocycles. The molecule has 0 aliphatic carbocycles. The summed E-state index contributed by atoms with van der Waals surface area (Å²) >= 11 is 0. The molecule has 126 valence electrons. The Bertz CT molecular complexity index is 746. The SMILES string of the molecule is Cc1nn(-c2ccccc2)c(C)c1/C=C/C(=O)N1CCCCC1C. The summed E-state index contributed by atoms with van der Waals surface area (Å²) in [5.74, 6) is 0.105. The van der Waals surface area contributed by atoms with Gasteiger partial charge in [0.25, 0.3) is 0 Å². The fourth-order valence-electron chi connectivity index (χ4n) is 3.39. The first-order valence-corrected chi connectivity index (χ1v) is 8.68. The summed E-state index contributed by atoms with van der Waals surface area (Å²) in [5.41, 5.74) is 4.05. The predicted octanol–water partition coefficient (Wildman–Crippen LogP) is 3.90. The van der Waals surface area contributed by atoms with Crippen LogP contribution in [-0.4, -0.2) is 33.2 Å². The number of aryl methyl sites for hydroxylation is 1. The maximum atomic E-state index is 12.5. The van der Waals surface area contributed by atoms with Gasteiger partial charge < -0.3 is 4.90 Å². The van der Waals surface area contributed by atoms with E-state index in [2.05, 4.69) is 12.0 Å². The highest BCUT2D eigenvalue weighted by atomic mass is 16.2. The van der Waals surface area contributed by atoms with Crippen molar-refractivity contribution in [2.75, 3.05) is 6.54 Å². The quantitative estimate of drug-likeness (QED) is 0.803. The lowest BCUT2D eigenvalue weighted by Crippen LogP contribution is -2.41. The molecule has 1 aromatic heterocycles. The molecule has 2 aromatic rings. The number of amides is 1. The van der Waals surface area contributed by atoms with E-state index in [0.29, 0.717) is 6.04 Å². The average Bonchev–Trinajstić information content (AvgIpc) is 2.88. The van der Waals surface area contributed by atoms with Crippen LogP contribution in [0.15, 0.2) is 36.4 Å². The molecular formula is C20H25N3O. The molecule has 0 spiro atoms. The van der Waals surface area contributed by atoms with Crippen LogP contribution >= 0.6 is 0 Å². The molecule has 0 bridgehead atoms. The lowest BCUT2D eigenvalue weighted by atomic mass is 10.0. The van der Waals surface area contributed by atoms with Crippen molar-refractivity contribution < 1.29 is 4.79 Å². The number of aromatic nitrogens is 2. The van der Waals surface area contributed by atoms with Crippen LogP contribution in [0.25, 0.3) is 11.8 Å². The highest BCUT2D eigenvalue weighted by molar-refractivity contribution is 5.92. The maximum absolute atomic E-state index is 12.5. The predicted molar refractivity (Wildman–Crippen MR) is 97.1 cm³/mol. The molecule has 0 N–H and O–H groups in total. The second-order valence-corrected chi connectivity index (χ2v) is 6.54. The van der Waals surface area contributed by atoms with Crippen molar-refractivity contribution in [1.29, 1.82) is 0 Å². The van der Waals surface area contributed by atoms with Gasteiger partial charge in [0.2, 0.25) is 5.91 Å². The van der Waals surface area contributed by atoms with E-state index in [9.17, 15) is 4.79 Å². The number of likely N-dealkylation sites (tertiary alicyclic amines) is 1. The third-order valence-electron chi connectivity index (χ3n) is 4.83. The van der Waals surface area contributed by atoms with E-state index in [4.69, 9.17) is 0 Å². The van der Waals surface area contributed by atoms with Gasteiger partial charge in [-0.1, -0.05) is 18.2 Å². The Morgan fingerprint density at radius 1 is 1.21 bits per heavy atom. The number of benzene rings is 1. The van der Waals surface area contributed by atoms with Crippen LogP contribution in [0.3, 0.4) is 0 Å². The van der Waals surface area contributed by atoms with Crippen LogP contribution in [-0.2, 0) is 4.79 Å². The standard InChI is InChI=1S/C20H25N3O/c1-15-9-7-8-14-22(15)20(24)13-12-19-16(2)21-23(17(19)3)18-10-5-4-6-11-18/h4-6,10-13,15H,7-9,14H2,1-3H3/b13-12+. The summed E-state index contributed by atoms with van der Waals surface area (Å²) in [6.07, 6.45) is 7.04. The van der Waals surface area contributed by atoms with Crippen LogP contribution in [0.2, 0.25) is 0 Å². The third-order valence-corrected chi connectivity index (χ3v) is 4.83. The van der Waals surface area contributed by atoms with Crippen LogP contribution in [0.1, 0.15) is 43.1 Å². The summed E-state index contributed by atoms with van der Waals surface area (Å²) < 4.78 is 1.93. The van der Waals surface area contributed by atoms with Crippen molar-refractivity contribution in [3.05, 3.63) is 53.4 Å². The highest BCUT2D eigenvalue weighted by Gasteiger charge is 2.21. The zero-order valence-electron chi connectivity index (χ0n) is 14.7. The van der Waals surface area contributed by atoms with E-state index in [1.54, 1.807) is 6.08 Å². The van der Waals surface area contributed by atoms with Gasteiger partial charge in [-0.3, -0.25) is 4.79 Å². The zero-order chi connectivity index (χ0) is 17.1. The summed E-state index contributed by atoms with van der Waals surface area (Å²) in [6.45, 7) is 7.03. The van der Waals surface area contributed by atoms with Crippen molar-refractivity contribution in [3.63, 3.8) is 0 Å². The number of piperidine rings is 1. The summed E-state index contributed by atoms with van der Waals surface area (Å²) in [5, 5.41) is 4.63. The topological polar surface area (TPSA) is 38.1 Å².